The molecule has 0 aliphatic heterocycles. The summed E-state index contributed by atoms with van der Waals surface area (Å²) < 4.78 is 37.4. The summed E-state index contributed by atoms with van der Waals surface area (Å²) >= 11 is 12.1. The molecule has 0 radical (unpaired) electrons. The van der Waals surface area contributed by atoms with Crippen LogP contribution in [0.15, 0.2) is 65.6 Å². The van der Waals surface area contributed by atoms with Gasteiger partial charge in [0.2, 0.25) is 15.9 Å². The molecular weight excluding hydrogens is 555 g/mol. The van der Waals surface area contributed by atoms with Crippen LogP contribution in [0.3, 0.4) is 0 Å². The van der Waals surface area contributed by atoms with Crippen LogP contribution in [0.5, 0.6) is 0 Å². The third-order valence-electron chi connectivity index (χ3n) is 5.38. The number of rotatable bonds is 9. The number of amides is 1. The molecule has 0 unspecified atom stereocenters. The van der Waals surface area contributed by atoms with Gasteiger partial charge in [-0.1, -0.05) is 47.0 Å². The zero-order chi connectivity index (χ0) is 28.0. The third kappa shape index (κ3) is 7.11. The van der Waals surface area contributed by atoms with Crippen molar-refractivity contribution in [3.05, 3.63) is 93.0 Å². The predicted octanol–water partition coefficient (Wildman–Crippen LogP) is 4.70. The van der Waals surface area contributed by atoms with Crippen molar-refractivity contribution in [2.45, 2.75) is 18.4 Å². The molecule has 0 aliphatic rings. The minimum Gasteiger partial charge on any atom is -0.465 e. The first-order valence-electron chi connectivity index (χ1n) is 11.1. The Balaban J connectivity index is 1.95. The fourth-order valence-corrected chi connectivity index (χ4v) is 5.16. The fourth-order valence-electron chi connectivity index (χ4n) is 3.46. The Kier molecular flexibility index (Phi) is 9.50. The standard InChI is InChI=1S/C26H24Cl2N2O7S/c1-16-4-7-21(8-5-16)38(34,35)30(14-17-6-9-22(27)23(28)10-17)15-24(31)29-20-12-18(25(32)36-2)11-19(13-20)26(33)37-3/h4-13H,14-15H2,1-3H3,(H,29,31). The van der Waals surface area contributed by atoms with Gasteiger partial charge < -0.3 is 14.8 Å². The summed E-state index contributed by atoms with van der Waals surface area (Å²) in [5.41, 5.74) is 1.42. The maximum absolute atomic E-state index is 13.5. The molecule has 9 nitrogen and oxygen atoms in total. The Morgan fingerprint density at radius 1 is 0.842 bits per heavy atom. The minimum atomic E-state index is -4.13. The zero-order valence-electron chi connectivity index (χ0n) is 20.7. The summed E-state index contributed by atoms with van der Waals surface area (Å²) in [6.07, 6.45) is 0. The largest absolute Gasteiger partial charge is 0.465 e. The second kappa shape index (κ2) is 12.4. The summed E-state index contributed by atoms with van der Waals surface area (Å²) in [6, 6.07) is 14.7. The van der Waals surface area contributed by atoms with Crippen LogP contribution in [-0.2, 0) is 30.8 Å². The first-order chi connectivity index (χ1) is 17.9. The van der Waals surface area contributed by atoms with Crippen molar-refractivity contribution < 1.29 is 32.3 Å². The Morgan fingerprint density at radius 2 is 1.42 bits per heavy atom. The van der Waals surface area contributed by atoms with Crippen molar-refractivity contribution in [1.29, 1.82) is 0 Å². The molecule has 0 aromatic heterocycles. The molecule has 0 heterocycles. The van der Waals surface area contributed by atoms with Crippen molar-refractivity contribution >= 4 is 56.8 Å². The Hall–Kier alpha value is -3.44. The van der Waals surface area contributed by atoms with Crippen LogP contribution in [0.4, 0.5) is 5.69 Å². The highest BCUT2D eigenvalue weighted by Gasteiger charge is 2.27. The van der Waals surface area contributed by atoms with Gasteiger partial charge in [0.05, 0.1) is 46.8 Å². The molecule has 0 aliphatic carbocycles. The normalized spacial score (nSPS) is 11.2. The lowest BCUT2D eigenvalue weighted by atomic mass is 10.1. The van der Waals surface area contributed by atoms with Crippen LogP contribution in [0.25, 0.3) is 0 Å². The van der Waals surface area contributed by atoms with E-state index in [2.05, 4.69) is 5.32 Å². The van der Waals surface area contributed by atoms with Crippen molar-refractivity contribution in [2.75, 3.05) is 26.1 Å². The lowest BCUT2D eigenvalue weighted by molar-refractivity contribution is -0.116. The maximum atomic E-state index is 13.5. The third-order valence-corrected chi connectivity index (χ3v) is 7.93. The number of benzene rings is 3. The van der Waals surface area contributed by atoms with E-state index < -0.39 is 34.4 Å². The number of ether oxygens (including phenoxy) is 2. The molecule has 1 amide bonds. The van der Waals surface area contributed by atoms with E-state index in [1.807, 2.05) is 6.92 Å². The van der Waals surface area contributed by atoms with Crippen LogP contribution in [0.1, 0.15) is 31.8 Å². The van der Waals surface area contributed by atoms with Crippen molar-refractivity contribution in [1.82, 2.24) is 4.31 Å². The number of anilines is 1. The van der Waals surface area contributed by atoms with Gasteiger partial charge in [0.15, 0.2) is 0 Å². The highest BCUT2D eigenvalue weighted by molar-refractivity contribution is 7.89. The van der Waals surface area contributed by atoms with Gasteiger partial charge in [-0.2, -0.15) is 4.31 Å². The number of halogens is 2. The number of aryl methyl sites for hydroxylation is 1. The van der Waals surface area contributed by atoms with E-state index in [4.69, 9.17) is 32.7 Å². The molecule has 0 saturated carbocycles. The molecule has 0 fully saturated rings. The van der Waals surface area contributed by atoms with Crippen LogP contribution < -0.4 is 5.32 Å². The molecule has 0 atom stereocenters. The minimum absolute atomic E-state index is 0.00312. The molecular formula is C26H24Cl2N2O7S. The monoisotopic (exact) mass is 578 g/mol. The maximum Gasteiger partial charge on any atom is 0.337 e. The number of carbonyl (C=O) groups excluding carboxylic acids is 3. The summed E-state index contributed by atoms with van der Waals surface area (Å²) in [5, 5.41) is 3.07. The van der Waals surface area contributed by atoms with Crippen LogP contribution >= 0.6 is 23.2 Å². The van der Waals surface area contributed by atoms with E-state index in [1.54, 1.807) is 18.2 Å². The Morgan fingerprint density at radius 3 is 1.95 bits per heavy atom. The molecule has 1 N–H and O–H groups in total. The number of sulfonamides is 1. The van der Waals surface area contributed by atoms with Crippen molar-refractivity contribution in [3.63, 3.8) is 0 Å². The lowest BCUT2D eigenvalue weighted by Gasteiger charge is -2.22. The molecule has 3 aromatic rings. The highest BCUT2D eigenvalue weighted by Crippen LogP contribution is 2.25. The van der Waals surface area contributed by atoms with Crippen LogP contribution in [0.2, 0.25) is 10.0 Å². The molecule has 200 valence electrons. The van der Waals surface area contributed by atoms with E-state index in [-0.39, 0.29) is 33.3 Å². The highest BCUT2D eigenvalue weighted by atomic mass is 35.5. The number of esters is 2. The van der Waals surface area contributed by atoms with Crippen LogP contribution in [0, 0.1) is 6.92 Å². The van der Waals surface area contributed by atoms with Gasteiger partial charge in [0, 0.05) is 12.2 Å². The quantitative estimate of drug-likeness (QED) is 0.365. The first kappa shape index (κ1) is 29.1. The van der Waals surface area contributed by atoms with Gasteiger partial charge in [-0.05, 0) is 55.0 Å². The topological polar surface area (TPSA) is 119 Å². The number of hydrogen-bond donors (Lipinski definition) is 1. The number of carbonyl (C=O) groups is 3. The summed E-state index contributed by atoms with van der Waals surface area (Å²) in [4.78, 5) is 37.2. The number of nitrogens with one attached hydrogen (secondary N) is 1. The van der Waals surface area contributed by atoms with Crippen molar-refractivity contribution in [2.24, 2.45) is 0 Å². The van der Waals surface area contributed by atoms with Gasteiger partial charge >= 0.3 is 11.9 Å². The zero-order valence-corrected chi connectivity index (χ0v) is 23.0. The Labute approximate surface area is 230 Å². The van der Waals surface area contributed by atoms with Gasteiger partial charge in [-0.3, -0.25) is 4.79 Å². The van der Waals surface area contributed by atoms with E-state index in [0.717, 1.165) is 9.87 Å². The van der Waals surface area contributed by atoms with Gasteiger partial charge in [-0.25, -0.2) is 18.0 Å². The van der Waals surface area contributed by atoms with Crippen LogP contribution in [-0.4, -0.2) is 51.3 Å². The number of hydrogen-bond acceptors (Lipinski definition) is 7. The van der Waals surface area contributed by atoms with Gasteiger partial charge in [-0.15, -0.1) is 0 Å². The summed E-state index contributed by atoms with van der Waals surface area (Å²) in [6.45, 7) is 1.05. The van der Waals surface area contributed by atoms with Gasteiger partial charge in [0.25, 0.3) is 0 Å². The molecule has 38 heavy (non-hydrogen) atoms. The molecule has 3 aromatic carbocycles. The second-order valence-electron chi connectivity index (χ2n) is 8.16. The lowest BCUT2D eigenvalue weighted by Crippen LogP contribution is -2.37. The SMILES string of the molecule is COC(=O)c1cc(NC(=O)CN(Cc2ccc(Cl)c(Cl)c2)S(=O)(=O)c2ccc(C)cc2)cc(C(=O)OC)c1. The van der Waals surface area contributed by atoms with Crippen molar-refractivity contribution in [3.8, 4) is 0 Å². The molecule has 3 rings (SSSR count). The Bertz CT molecular complexity index is 1440. The van der Waals surface area contributed by atoms with E-state index in [1.165, 1.54) is 56.7 Å². The molecule has 0 spiro atoms. The summed E-state index contributed by atoms with van der Waals surface area (Å²) in [5.74, 6) is -2.21. The molecule has 12 heteroatoms. The predicted molar refractivity (Wildman–Crippen MR) is 143 cm³/mol. The van der Waals surface area contributed by atoms with Gasteiger partial charge in [0.1, 0.15) is 0 Å². The first-order valence-corrected chi connectivity index (χ1v) is 13.3. The number of methoxy groups -OCH3 is 2. The van der Waals surface area contributed by atoms with E-state index >= 15 is 0 Å². The number of nitrogens with zero attached hydrogens (tertiary/aromatic N) is 1. The average molecular weight is 579 g/mol. The molecule has 0 bridgehead atoms. The average Bonchev–Trinajstić information content (AvgIpc) is 2.89. The summed E-state index contributed by atoms with van der Waals surface area (Å²) in [7, 11) is -1.79. The second-order valence-corrected chi connectivity index (χ2v) is 10.9. The fraction of sp³-hybridized carbons (Fsp3) is 0.192. The smallest absolute Gasteiger partial charge is 0.337 e. The molecule has 0 saturated heterocycles. The van der Waals surface area contributed by atoms with E-state index in [0.29, 0.717) is 10.6 Å². The van der Waals surface area contributed by atoms with E-state index in [9.17, 15) is 22.8 Å².